The third kappa shape index (κ3) is 2.89. The molecule has 0 aliphatic rings. The number of benzene rings is 2. The molecule has 0 saturated carbocycles. The van der Waals surface area contributed by atoms with Crippen molar-refractivity contribution in [2.24, 2.45) is 0 Å². The Morgan fingerprint density at radius 1 is 1.09 bits per heavy atom. The fourth-order valence-corrected chi connectivity index (χ4v) is 2.80. The normalized spacial score (nSPS) is 12.0. The number of hydrogen-bond donors (Lipinski definition) is 1. The van der Waals surface area contributed by atoms with Gasteiger partial charge in [-0.2, -0.15) is 4.37 Å². The average Bonchev–Trinajstić information content (AvgIpc) is 3.01. The van der Waals surface area contributed by atoms with Crippen molar-refractivity contribution in [1.82, 2.24) is 9.36 Å². The molecule has 2 N–H and O–H groups in total. The van der Waals surface area contributed by atoms with Crippen LogP contribution < -0.4 is 5.73 Å². The van der Waals surface area contributed by atoms with Gasteiger partial charge in [-0.3, -0.25) is 4.79 Å². The van der Waals surface area contributed by atoms with Gasteiger partial charge in [0.05, 0.1) is 0 Å². The van der Waals surface area contributed by atoms with Crippen LogP contribution in [0.2, 0.25) is 0 Å². The van der Waals surface area contributed by atoms with Gasteiger partial charge in [-0.05, 0) is 11.6 Å². The van der Waals surface area contributed by atoms with Crippen molar-refractivity contribution in [2.45, 2.75) is 12.8 Å². The molecule has 1 aromatic heterocycles. The average molecular weight is 309 g/mol. The summed E-state index contributed by atoms with van der Waals surface area (Å²) in [7, 11) is 0. The van der Waals surface area contributed by atoms with Gasteiger partial charge in [0.25, 0.3) is 0 Å². The molecule has 0 aliphatic heterocycles. The molecule has 110 valence electrons. The lowest BCUT2D eigenvalue weighted by molar-refractivity contribution is 0.103. The predicted octanol–water partition coefficient (Wildman–Crippen LogP) is 3.50. The van der Waals surface area contributed by atoms with E-state index in [2.05, 4.69) is 9.36 Å². The molecule has 4 nitrogen and oxygen atoms in total. The van der Waals surface area contributed by atoms with Crippen molar-refractivity contribution in [3.8, 4) is 0 Å². The molecule has 0 spiro atoms. The number of carbonyl (C=O) groups is 1. The van der Waals surface area contributed by atoms with Crippen LogP contribution in [0.3, 0.4) is 0 Å². The van der Waals surface area contributed by atoms with E-state index in [1.165, 1.54) is 11.5 Å². The van der Waals surface area contributed by atoms with Gasteiger partial charge in [-0.15, -0.1) is 0 Å². The van der Waals surface area contributed by atoms with E-state index in [1.54, 1.807) is 0 Å². The zero-order valence-electron chi connectivity index (χ0n) is 12.1. The Morgan fingerprint density at radius 2 is 1.82 bits per heavy atom. The SMILES string of the molecule is CC(c1cccc(C(=O)c2ccccc2)c1)c1nsc(N)n1. The molecule has 1 atom stereocenters. The smallest absolute Gasteiger partial charge is 0.199 e. The second-order valence-corrected chi connectivity index (χ2v) is 5.82. The van der Waals surface area contributed by atoms with Gasteiger partial charge in [-0.25, -0.2) is 4.98 Å². The third-order valence-electron chi connectivity index (χ3n) is 3.53. The Morgan fingerprint density at radius 3 is 2.50 bits per heavy atom. The number of nitrogens with zero attached hydrogens (tertiary/aromatic N) is 2. The highest BCUT2D eigenvalue weighted by Gasteiger charge is 2.16. The van der Waals surface area contributed by atoms with Crippen molar-refractivity contribution >= 4 is 22.4 Å². The number of carbonyl (C=O) groups excluding carboxylic acids is 1. The first kappa shape index (κ1) is 14.4. The van der Waals surface area contributed by atoms with Gasteiger partial charge >= 0.3 is 0 Å². The first-order valence-electron chi connectivity index (χ1n) is 6.94. The molecule has 0 fully saturated rings. The number of hydrogen-bond acceptors (Lipinski definition) is 5. The number of ketones is 1. The van der Waals surface area contributed by atoms with E-state index < -0.39 is 0 Å². The summed E-state index contributed by atoms with van der Waals surface area (Å²) in [6, 6.07) is 16.9. The highest BCUT2D eigenvalue weighted by molar-refractivity contribution is 7.09. The minimum atomic E-state index is -0.00271. The van der Waals surface area contributed by atoms with Crippen LogP contribution in [0.25, 0.3) is 0 Å². The monoisotopic (exact) mass is 309 g/mol. The number of nitrogens with two attached hydrogens (primary N) is 1. The number of rotatable bonds is 4. The van der Waals surface area contributed by atoms with E-state index in [0.29, 0.717) is 22.1 Å². The molecule has 3 aromatic rings. The maximum absolute atomic E-state index is 12.5. The van der Waals surface area contributed by atoms with Crippen LogP contribution in [-0.4, -0.2) is 15.1 Å². The summed E-state index contributed by atoms with van der Waals surface area (Å²) in [5, 5.41) is 0.457. The minimum Gasteiger partial charge on any atom is -0.374 e. The van der Waals surface area contributed by atoms with Crippen molar-refractivity contribution in [1.29, 1.82) is 0 Å². The Hall–Kier alpha value is -2.53. The fraction of sp³-hybridized carbons (Fsp3) is 0.118. The Bertz CT molecular complexity index is 798. The van der Waals surface area contributed by atoms with E-state index in [1.807, 2.05) is 61.5 Å². The molecular formula is C17H15N3OS. The molecule has 1 heterocycles. The number of nitrogen functional groups attached to an aromatic ring is 1. The molecule has 0 aliphatic carbocycles. The summed E-state index contributed by atoms with van der Waals surface area (Å²) in [5.74, 6) is 0.698. The Kier molecular flexibility index (Phi) is 3.98. The molecule has 0 saturated heterocycles. The lowest BCUT2D eigenvalue weighted by atomic mass is 9.95. The van der Waals surface area contributed by atoms with Gasteiger partial charge in [0.1, 0.15) is 0 Å². The lowest BCUT2D eigenvalue weighted by Gasteiger charge is -2.09. The molecule has 1 unspecified atom stereocenters. The van der Waals surface area contributed by atoms with E-state index in [0.717, 1.165) is 5.56 Å². The Labute approximate surface area is 132 Å². The highest BCUT2D eigenvalue weighted by Crippen LogP contribution is 2.25. The molecular weight excluding hydrogens is 294 g/mol. The molecule has 0 radical (unpaired) electrons. The zero-order valence-corrected chi connectivity index (χ0v) is 12.9. The van der Waals surface area contributed by atoms with Crippen molar-refractivity contribution in [3.63, 3.8) is 0 Å². The van der Waals surface area contributed by atoms with Crippen molar-refractivity contribution < 1.29 is 4.79 Å². The van der Waals surface area contributed by atoms with Gasteiger partial charge < -0.3 is 5.73 Å². The third-order valence-corrected chi connectivity index (χ3v) is 4.09. The maximum atomic E-state index is 12.5. The molecule has 3 rings (SSSR count). The van der Waals surface area contributed by atoms with E-state index >= 15 is 0 Å². The van der Waals surface area contributed by atoms with E-state index in [4.69, 9.17) is 5.73 Å². The molecule has 2 aromatic carbocycles. The van der Waals surface area contributed by atoms with Crippen LogP contribution >= 0.6 is 11.5 Å². The van der Waals surface area contributed by atoms with Crippen LogP contribution in [0.5, 0.6) is 0 Å². The van der Waals surface area contributed by atoms with Crippen LogP contribution in [0.4, 0.5) is 5.13 Å². The van der Waals surface area contributed by atoms with Crippen molar-refractivity contribution in [3.05, 3.63) is 77.1 Å². The summed E-state index contributed by atoms with van der Waals surface area (Å²) in [4.78, 5) is 16.7. The van der Waals surface area contributed by atoms with Gasteiger partial charge in [0, 0.05) is 28.6 Å². The van der Waals surface area contributed by atoms with E-state index in [9.17, 15) is 4.79 Å². The maximum Gasteiger partial charge on any atom is 0.199 e. The van der Waals surface area contributed by atoms with E-state index in [-0.39, 0.29) is 11.7 Å². The molecule has 0 bridgehead atoms. The van der Waals surface area contributed by atoms with Crippen molar-refractivity contribution in [2.75, 3.05) is 5.73 Å². The first-order valence-corrected chi connectivity index (χ1v) is 7.71. The molecule has 22 heavy (non-hydrogen) atoms. The standard InChI is InChI=1S/C17H15N3OS/c1-11(16-19-17(18)22-20-16)13-8-5-9-14(10-13)15(21)12-6-3-2-4-7-12/h2-11H,1H3,(H2,18,19,20). The fourth-order valence-electron chi connectivity index (χ4n) is 2.28. The number of aromatic nitrogens is 2. The summed E-state index contributed by atoms with van der Waals surface area (Å²) in [6.07, 6.45) is 0. The minimum absolute atomic E-state index is 0.00271. The largest absolute Gasteiger partial charge is 0.374 e. The summed E-state index contributed by atoms with van der Waals surface area (Å²) >= 11 is 1.18. The highest BCUT2D eigenvalue weighted by atomic mass is 32.1. The van der Waals surface area contributed by atoms with Crippen LogP contribution in [0.15, 0.2) is 54.6 Å². The predicted molar refractivity (Wildman–Crippen MR) is 88.2 cm³/mol. The number of anilines is 1. The lowest BCUT2D eigenvalue weighted by Crippen LogP contribution is -2.04. The molecule has 5 heteroatoms. The Balaban J connectivity index is 1.91. The second kappa shape index (κ2) is 6.07. The topological polar surface area (TPSA) is 68.9 Å². The van der Waals surface area contributed by atoms with Gasteiger partial charge in [0.2, 0.25) is 0 Å². The summed E-state index contributed by atoms with van der Waals surface area (Å²) in [6.45, 7) is 2.01. The van der Waals surface area contributed by atoms with Crippen LogP contribution in [-0.2, 0) is 0 Å². The zero-order chi connectivity index (χ0) is 15.5. The first-order chi connectivity index (χ1) is 10.6. The second-order valence-electron chi connectivity index (χ2n) is 5.03. The summed E-state index contributed by atoms with van der Waals surface area (Å²) < 4.78 is 4.25. The van der Waals surface area contributed by atoms with Crippen LogP contribution in [0, 0.1) is 0 Å². The van der Waals surface area contributed by atoms with Crippen LogP contribution in [0.1, 0.15) is 40.2 Å². The molecule has 0 amide bonds. The van der Waals surface area contributed by atoms with Gasteiger partial charge in [0.15, 0.2) is 16.7 Å². The quantitative estimate of drug-likeness (QED) is 0.749. The summed E-state index contributed by atoms with van der Waals surface area (Å²) in [5.41, 5.74) is 7.99. The van der Waals surface area contributed by atoms with Gasteiger partial charge in [-0.1, -0.05) is 55.5 Å².